The van der Waals surface area contributed by atoms with Crippen molar-refractivity contribution >= 4 is 10.9 Å². The van der Waals surface area contributed by atoms with Crippen molar-refractivity contribution in [1.29, 1.82) is 0 Å². The van der Waals surface area contributed by atoms with E-state index < -0.39 is 0 Å². The summed E-state index contributed by atoms with van der Waals surface area (Å²) in [6.07, 6.45) is 2.53. The van der Waals surface area contributed by atoms with Gasteiger partial charge in [-0.3, -0.25) is 0 Å². The molecule has 1 aromatic heterocycles. The molecule has 1 aliphatic rings. The minimum absolute atomic E-state index is 0.607. The average Bonchev–Trinajstić information content (AvgIpc) is 2.77. The van der Waals surface area contributed by atoms with Crippen LogP contribution in [0.4, 0.5) is 0 Å². The lowest BCUT2D eigenvalue weighted by Gasteiger charge is -2.22. The fourth-order valence-electron chi connectivity index (χ4n) is 3.02. The van der Waals surface area contributed by atoms with Crippen LogP contribution in [0.25, 0.3) is 10.9 Å². The van der Waals surface area contributed by atoms with Crippen LogP contribution in [0.5, 0.6) is 5.75 Å². The van der Waals surface area contributed by atoms with Crippen molar-refractivity contribution in [2.24, 2.45) is 0 Å². The highest BCUT2D eigenvalue weighted by Crippen LogP contribution is 2.34. The number of aromatic nitrogens is 1. The number of aromatic amines is 1. The van der Waals surface area contributed by atoms with E-state index in [2.05, 4.69) is 29.4 Å². The van der Waals surface area contributed by atoms with Crippen LogP contribution in [0.15, 0.2) is 18.2 Å². The van der Waals surface area contributed by atoms with Gasteiger partial charge in [-0.15, -0.1) is 0 Å². The Morgan fingerprint density at radius 1 is 1.33 bits per heavy atom. The second-order valence-electron chi connectivity index (χ2n) is 5.09. The summed E-state index contributed by atoms with van der Waals surface area (Å²) in [7, 11) is 1.73. The van der Waals surface area contributed by atoms with Crippen molar-refractivity contribution in [3.8, 4) is 5.75 Å². The lowest BCUT2D eigenvalue weighted by Crippen LogP contribution is -2.28. The average molecular weight is 244 g/mol. The van der Waals surface area contributed by atoms with E-state index in [1.54, 1.807) is 7.11 Å². The number of ether oxygens (including phenoxy) is 1. The van der Waals surface area contributed by atoms with Gasteiger partial charge in [0, 0.05) is 23.5 Å². The van der Waals surface area contributed by atoms with Gasteiger partial charge in [0.2, 0.25) is 0 Å². The highest BCUT2D eigenvalue weighted by atomic mass is 16.5. The summed E-state index contributed by atoms with van der Waals surface area (Å²) in [5.74, 6) is 1.54. The molecule has 3 nitrogen and oxygen atoms in total. The largest absolute Gasteiger partial charge is 0.495 e. The molecule has 0 spiro atoms. The lowest BCUT2D eigenvalue weighted by molar-refractivity contribution is 0.418. The third-order valence-electron chi connectivity index (χ3n) is 4.02. The molecule has 2 N–H and O–H groups in total. The molecule has 0 radical (unpaired) electrons. The number of hydrogen-bond donors (Lipinski definition) is 2. The first kappa shape index (κ1) is 11.6. The topological polar surface area (TPSA) is 37.0 Å². The zero-order valence-electron chi connectivity index (χ0n) is 11.0. The molecule has 3 rings (SSSR count). The van der Waals surface area contributed by atoms with Gasteiger partial charge in [-0.25, -0.2) is 0 Å². The Labute approximate surface area is 108 Å². The molecule has 2 heterocycles. The second-order valence-corrected chi connectivity index (χ2v) is 5.09. The Kier molecular flexibility index (Phi) is 3.00. The van der Waals surface area contributed by atoms with Gasteiger partial charge in [-0.1, -0.05) is 12.1 Å². The van der Waals surface area contributed by atoms with Gasteiger partial charge in [0.25, 0.3) is 0 Å². The summed E-state index contributed by atoms with van der Waals surface area (Å²) < 4.78 is 5.44. The van der Waals surface area contributed by atoms with Crippen LogP contribution in [0.1, 0.15) is 30.0 Å². The molecule has 3 heteroatoms. The van der Waals surface area contributed by atoms with Gasteiger partial charge in [-0.05, 0) is 37.9 Å². The Bertz CT molecular complexity index is 553. The highest BCUT2D eigenvalue weighted by molar-refractivity contribution is 5.89. The Morgan fingerprint density at radius 3 is 2.94 bits per heavy atom. The summed E-state index contributed by atoms with van der Waals surface area (Å²) in [4.78, 5) is 3.59. The van der Waals surface area contributed by atoms with E-state index in [0.29, 0.717) is 5.92 Å². The van der Waals surface area contributed by atoms with Gasteiger partial charge >= 0.3 is 0 Å². The maximum Gasteiger partial charge on any atom is 0.142 e. The molecule has 18 heavy (non-hydrogen) atoms. The molecule has 1 saturated heterocycles. The van der Waals surface area contributed by atoms with Crippen LogP contribution in [0.3, 0.4) is 0 Å². The molecule has 1 aromatic carbocycles. The number of benzene rings is 1. The van der Waals surface area contributed by atoms with Gasteiger partial charge in [0.15, 0.2) is 0 Å². The molecule has 1 fully saturated rings. The summed E-state index contributed by atoms with van der Waals surface area (Å²) >= 11 is 0. The Morgan fingerprint density at radius 2 is 2.22 bits per heavy atom. The fourth-order valence-corrected chi connectivity index (χ4v) is 3.02. The predicted octanol–water partition coefficient (Wildman–Crippen LogP) is 2.95. The lowest BCUT2D eigenvalue weighted by atomic mass is 9.93. The molecule has 2 aromatic rings. The minimum Gasteiger partial charge on any atom is -0.495 e. The smallest absolute Gasteiger partial charge is 0.142 e. The summed E-state index contributed by atoms with van der Waals surface area (Å²) in [5, 5.41) is 4.77. The van der Waals surface area contributed by atoms with E-state index in [1.807, 2.05) is 6.07 Å². The number of methoxy groups -OCH3 is 1. The van der Waals surface area contributed by atoms with E-state index in [0.717, 1.165) is 24.4 Å². The quantitative estimate of drug-likeness (QED) is 0.852. The molecule has 96 valence electrons. The third kappa shape index (κ3) is 1.79. The van der Waals surface area contributed by atoms with Gasteiger partial charge in [0.1, 0.15) is 5.75 Å². The van der Waals surface area contributed by atoms with Gasteiger partial charge in [-0.2, -0.15) is 0 Å². The van der Waals surface area contributed by atoms with Gasteiger partial charge in [0.05, 0.1) is 12.6 Å². The number of piperidine rings is 1. The van der Waals surface area contributed by atoms with Gasteiger partial charge < -0.3 is 15.0 Å². The van der Waals surface area contributed by atoms with Crippen LogP contribution < -0.4 is 10.1 Å². The SMILES string of the molecule is COc1cccc2c(C)c(C3CCCNC3)[nH]c12. The Hall–Kier alpha value is -1.48. The molecular weight excluding hydrogens is 224 g/mol. The van der Waals surface area contributed by atoms with Crippen molar-refractivity contribution in [3.63, 3.8) is 0 Å². The molecule has 0 saturated carbocycles. The molecule has 1 aliphatic heterocycles. The highest BCUT2D eigenvalue weighted by Gasteiger charge is 2.20. The van der Waals surface area contributed by atoms with Crippen LogP contribution in [-0.2, 0) is 0 Å². The Balaban J connectivity index is 2.09. The second kappa shape index (κ2) is 4.65. The number of para-hydroxylation sites is 1. The predicted molar refractivity (Wildman–Crippen MR) is 74.4 cm³/mol. The van der Waals surface area contributed by atoms with Crippen LogP contribution in [0, 0.1) is 6.92 Å². The van der Waals surface area contributed by atoms with E-state index in [4.69, 9.17) is 4.74 Å². The number of nitrogens with one attached hydrogen (secondary N) is 2. The van der Waals surface area contributed by atoms with Crippen molar-refractivity contribution < 1.29 is 4.74 Å². The van der Waals surface area contributed by atoms with E-state index in [1.165, 1.54) is 29.5 Å². The molecule has 1 unspecified atom stereocenters. The summed E-state index contributed by atoms with van der Waals surface area (Å²) in [6.45, 7) is 4.44. The van der Waals surface area contributed by atoms with Crippen molar-refractivity contribution in [2.45, 2.75) is 25.7 Å². The zero-order chi connectivity index (χ0) is 12.5. The van der Waals surface area contributed by atoms with Crippen molar-refractivity contribution in [1.82, 2.24) is 10.3 Å². The number of hydrogen-bond acceptors (Lipinski definition) is 2. The molecule has 0 amide bonds. The standard InChI is InChI=1S/C15H20N2O/c1-10-12-6-3-7-13(18-2)15(12)17-14(10)11-5-4-8-16-9-11/h3,6-7,11,16-17H,4-5,8-9H2,1-2H3. The number of H-pyrrole nitrogens is 1. The van der Waals surface area contributed by atoms with Crippen molar-refractivity contribution in [2.75, 3.05) is 20.2 Å². The maximum atomic E-state index is 5.44. The number of fused-ring (bicyclic) bond motifs is 1. The van der Waals surface area contributed by atoms with Crippen molar-refractivity contribution in [3.05, 3.63) is 29.5 Å². The third-order valence-corrected chi connectivity index (χ3v) is 4.02. The fraction of sp³-hybridized carbons (Fsp3) is 0.467. The van der Waals surface area contributed by atoms with E-state index in [9.17, 15) is 0 Å². The molecule has 1 atom stereocenters. The summed E-state index contributed by atoms with van der Waals surface area (Å²) in [5.41, 5.74) is 3.89. The first-order chi connectivity index (χ1) is 8.81. The molecular formula is C15H20N2O. The summed E-state index contributed by atoms with van der Waals surface area (Å²) in [6, 6.07) is 6.25. The van der Waals surface area contributed by atoms with Crippen LogP contribution >= 0.6 is 0 Å². The number of aryl methyl sites for hydroxylation is 1. The normalized spacial score (nSPS) is 20.2. The minimum atomic E-state index is 0.607. The first-order valence-corrected chi connectivity index (χ1v) is 6.67. The first-order valence-electron chi connectivity index (χ1n) is 6.67. The van der Waals surface area contributed by atoms with Crippen LogP contribution in [0.2, 0.25) is 0 Å². The maximum absolute atomic E-state index is 5.44. The molecule has 0 aliphatic carbocycles. The monoisotopic (exact) mass is 244 g/mol. The zero-order valence-corrected chi connectivity index (χ0v) is 11.0. The molecule has 0 bridgehead atoms. The number of rotatable bonds is 2. The van der Waals surface area contributed by atoms with E-state index >= 15 is 0 Å². The van der Waals surface area contributed by atoms with Crippen LogP contribution in [-0.4, -0.2) is 25.2 Å². The van der Waals surface area contributed by atoms with E-state index in [-0.39, 0.29) is 0 Å².